The zero-order valence-corrected chi connectivity index (χ0v) is 12.4. The molecule has 1 unspecified atom stereocenters. The predicted molar refractivity (Wildman–Crippen MR) is 78.5 cm³/mol. The molecule has 0 bridgehead atoms. The molecule has 0 aliphatic carbocycles. The first-order chi connectivity index (χ1) is 10.0. The van der Waals surface area contributed by atoms with Crippen LogP contribution in [0.2, 0.25) is 0 Å². The lowest BCUT2D eigenvalue weighted by Crippen LogP contribution is -2.36. The lowest BCUT2D eigenvalue weighted by Gasteiger charge is -2.24. The van der Waals surface area contributed by atoms with Crippen LogP contribution in [0.4, 0.5) is 0 Å². The molecule has 5 heteroatoms. The first-order valence-electron chi connectivity index (χ1n) is 6.87. The van der Waals surface area contributed by atoms with E-state index in [1.807, 2.05) is 32.0 Å². The van der Waals surface area contributed by atoms with E-state index in [4.69, 9.17) is 0 Å². The van der Waals surface area contributed by atoms with Gasteiger partial charge in [0.15, 0.2) is 5.78 Å². The van der Waals surface area contributed by atoms with Crippen LogP contribution in [0.3, 0.4) is 0 Å². The van der Waals surface area contributed by atoms with Crippen molar-refractivity contribution in [2.45, 2.75) is 38.6 Å². The van der Waals surface area contributed by atoms with Gasteiger partial charge in [-0.1, -0.05) is 30.3 Å². The lowest BCUT2D eigenvalue weighted by atomic mass is 9.75. The van der Waals surface area contributed by atoms with Gasteiger partial charge in [0, 0.05) is 12.5 Å². The third-order valence-electron chi connectivity index (χ3n) is 3.62. The summed E-state index contributed by atoms with van der Waals surface area (Å²) in [6.07, 6.45) is 1.68. The van der Waals surface area contributed by atoms with E-state index in [0.29, 0.717) is 11.4 Å². The highest BCUT2D eigenvalue weighted by Crippen LogP contribution is 2.29. The maximum Gasteiger partial charge on any atom is 0.154 e. The molecule has 0 fully saturated rings. The molecule has 5 nitrogen and oxygen atoms in total. The van der Waals surface area contributed by atoms with Gasteiger partial charge in [0.05, 0.1) is 6.07 Å². The van der Waals surface area contributed by atoms with Gasteiger partial charge in [-0.2, -0.15) is 10.4 Å². The molecular weight excluding hydrogens is 264 g/mol. The molecule has 21 heavy (non-hydrogen) atoms. The second-order valence-corrected chi connectivity index (χ2v) is 5.33. The van der Waals surface area contributed by atoms with E-state index in [-0.39, 0.29) is 18.2 Å². The summed E-state index contributed by atoms with van der Waals surface area (Å²) in [5, 5.41) is 13.9. The Morgan fingerprint density at radius 2 is 2.05 bits per heavy atom. The molecule has 0 N–H and O–H groups in total. The minimum atomic E-state index is -1.22. The summed E-state index contributed by atoms with van der Waals surface area (Å²) in [7, 11) is 0. The molecule has 0 saturated heterocycles. The Morgan fingerprint density at radius 3 is 2.57 bits per heavy atom. The quantitative estimate of drug-likeness (QED) is 0.844. The highest BCUT2D eigenvalue weighted by molar-refractivity contribution is 5.91. The van der Waals surface area contributed by atoms with Gasteiger partial charge in [0.1, 0.15) is 17.6 Å². The molecule has 0 amide bonds. The predicted octanol–water partition coefficient (Wildman–Crippen LogP) is 2.45. The fourth-order valence-electron chi connectivity index (χ4n) is 2.40. The molecule has 2 aromatic rings. The van der Waals surface area contributed by atoms with E-state index in [2.05, 4.69) is 16.2 Å². The molecule has 0 aliphatic heterocycles. The van der Waals surface area contributed by atoms with E-state index < -0.39 is 5.41 Å². The number of Topliss-reactive ketones (excluding diaryl/α,β-unsaturated/α-hetero) is 1. The Labute approximate surface area is 124 Å². The average molecular weight is 282 g/mol. The van der Waals surface area contributed by atoms with Crippen LogP contribution < -0.4 is 0 Å². The maximum absolute atomic E-state index is 12.2. The van der Waals surface area contributed by atoms with Crippen molar-refractivity contribution in [3.8, 4) is 6.07 Å². The van der Waals surface area contributed by atoms with E-state index in [1.165, 1.54) is 13.3 Å². The van der Waals surface area contributed by atoms with Crippen molar-refractivity contribution in [2.24, 2.45) is 0 Å². The second kappa shape index (κ2) is 5.88. The van der Waals surface area contributed by atoms with Crippen molar-refractivity contribution < 1.29 is 4.79 Å². The molecule has 108 valence electrons. The summed E-state index contributed by atoms with van der Waals surface area (Å²) in [4.78, 5) is 16.5. The lowest BCUT2D eigenvalue weighted by molar-refractivity contribution is -0.120. The Kier molecular flexibility index (Phi) is 4.18. The largest absolute Gasteiger partial charge is 0.298 e. The molecule has 1 aromatic heterocycles. The van der Waals surface area contributed by atoms with Gasteiger partial charge in [-0.15, -0.1) is 0 Å². The average Bonchev–Trinajstić information content (AvgIpc) is 2.93. The van der Waals surface area contributed by atoms with Crippen molar-refractivity contribution in [3.05, 3.63) is 48.0 Å². The molecular formula is C16H18N4O. The van der Waals surface area contributed by atoms with Crippen molar-refractivity contribution in [2.75, 3.05) is 0 Å². The van der Waals surface area contributed by atoms with E-state index in [1.54, 1.807) is 16.8 Å². The third kappa shape index (κ3) is 2.70. The van der Waals surface area contributed by atoms with Crippen LogP contribution in [0.5, 0.6) is 0 Å². The molecule has 1 aromatic carbocycles. The van der Waals surface area contributed by atoms with E-state index in [9.17, 15) is 10.1 Å². The van der Waals surface area contributed by atoms with Crippen molar-refractivity contribution in [1.29, 1.82) is 5.26 Å². The molecule has 0 radical (unpaired) electrons. The van der Waals surface area contributed by atoms with Crippen LogP contribution in [0.15, 0.2) is 36.7 Å². The van der Waals surface area contributed by atoms with Crippen molar-refractivity contribution in [1.82, 2.24) is 14.8 Å². The monoisotopic (exact) mass is 282 g/mol. The minimum absolute atomic E-state index is 0.127. The van der Waals surface area contributed by atoms with Crippen molar-refractivity contribution in [3.63, 3.8) is 0 Å². The summed E-state index contributed by atoms with van der Waals surface area (Å²) < 4.78 is 1.75. The van der Waals surface area contributed by atoms with Gasteiger partial charge in [-0.25, -0.2) is 9.67 Å². The third-order valence-corrected chi connectivity index (χ3v) is 3.62. The first kappa shape index (κ1) is 14.9. The number of aromatic nitrogens is 3. The molecule has 0 aliphatic rings. The fraction of sp³-hybridized carbons (Fsp3) is 0.375. The Hall–Kier alpha value is -2.48. The van der Waals surface area contributed by atoms with Gasteiger partial charge in [-0.05, 0) is 26.3 Å². The molecule has 2 rings (SSSR count). The summed E-state index contributed by atoms with van der Waals surface area (Å²) in [5.74, 6) is 0.458. The molecule has 0 spiro atoms. The highest BCUT2D eigenvalue weighted by atomic mass is 16.1. The number of hydrogen-bond donors (Lipinski definition) is 0. The van der Waals surface area contributed by atoms with Crippen LogP contribution >= 0.6 is 0 Å². The van der Waals surface area contributed by atoms with Crippen LogP contribution in [0, 0.1) is 11.3 Å². The van der Waals surface area contributed by atoms with Crippen molar-refractivity contribution >= 4 is 5.78 Å². The number of nitriles is 1. The number of rotatable bonds is 5. The first-order valence-corrected chi connectivity index (χ1v) is 6.87. The Bertz CT molecular complexity index is 669. The highest BCUT2D eigenvalue weighted by Gasteiger charge is 2.39. The van der Waals surface area contributed by atoms with Crippen LogP contribution in [0.25, 0.3) is 0 Å². The number of nitrogens with zero attached hydrogens (tertiary/aromatic N) is 4. The second-order valence-electron chi connectivity index (χ2n) is 5.33. The van der Waals surface area contributed by atoms with Gasteiger partial charge in [-0.3, -0.25) is 4.79 Å². The standard InChI is InChI=1S/C16H18N4O/c1-12(2)20-15(18-11-19-20)9-16(10-17,13(3)21)14-7-5-4-6-8-14/h4-8,11-12H,9H2,1-3H3. The Balaban J connectivity index is 2.50. The molecule has 1 atom stereocenters. The SMILES string of the molecule is CC(=O)C(C#N)(Cc1ncnn1C(C)C)c1ccccc1. The number of ketones is 1. The summed E-state index contributed by atoms with van der Waals surface area (Å²) in [5.41, 5.74) is -0.528. The summed E-state index contributed by atoms with van der Waals surface area (Å²) in [6, 6.07) is 11.5. The summed E-state index contributed by atoms with van der Waals surface area (Å²) >= 11 is 0. The van der Waals surface area contributed by atoms with Gasteiger partial charge >= 0.3 is 0 Å². The normalized spacial score (nSPS) is 13.7. The smallest absolute Gasteiger partial charge is 0.154 e. The zero-order valence-electron chi connectivity index (χ0n) is 12.4. The van der Waals surface area contributed by atoms with Crippen LogP contribution in [-0.2, 0) is 16.6 Å². The summed E-state index contributed by atoms with van der Waals surface area (Å²) in [6.45, 7) is 5.43. The van der Waals surface area contributed by atoms with E-state index >= 15 is 0 Å². The van der Waals surface area contributed by atoms with Gasteiger partial charge in [0.2, 0.25) is 0 Å². The number of hydrogen-bond acceptors (Lipinski definition) is 4. The number of carbonyl (C=O) groups is 1. The van der Waals surface area contributed by atoms with E-state index in [0.717, 1.165) is 0 Å². The topological polar surface area (TPSA) is 71.6 Å². The van der Waals surface area contributed by atoms with Gasteiger partial charge in [0.25, 0.3) is 0 Å². The Morgan fingerprint density at radius 1 is 1.38 bits per heavy atom. The zero-order chi connectivity index (χ0) is 15.5. The van der Waals surface area contributed by atoms with Crippen LogP contribution in [-0.4, -0.2) is 20.5 Å². The van der Waals surface area contributed by atoms with Gasteiger partial charge < -0.3 is 0 Å². The molecule has 1 heterocycles. The number of benzene rings is 1. The molecule has 0 saturated carbocycles. The van der Waals surface area contributed by atoms with Crippen LogP contribution in [0.1, 0.15) is 38.2 Å². The maximum atomic E-state index is 12.2. The fourth-order valence-corrected chi connectivity index (χ4v) is 2.40. The number of carbonyl (C=O) groups excluding carboxylic acids is 1. The minimum Gasteiger partial charge on any atom is -0.298 e.